The van der Waals surface area contributed by atoms with E-state index in [9.17, 15) is 14.0 Å². The lowest BCUT2D eigenvalue weighted by atomic mass is 10.0. The monoisotopic (exact) mass is 384 g/mol. The molecule has 0 saturated heterocycles. The average molecular weight is 384 g/mol. The molecule has 28 heavy (non-hydrogen) atoms. The largest absolute Gasteiger partial charge is 0.490 e. The normalized spacial score (nSPS) is 10.1. The molecule has 0 atom stereocenters. The summed E-state index contributed by atoms with van der Waals surface area (Å²) in [5.74, 6) is -1.56. The molecule has 0 fully saturated rings. The number of carbonyl (C=O) groups is 2. The van der Waals surface area contributed by atoms with Crippen molar-refractivity contribution >= 4 is 11.9 Å². The summed E-state index contributed by atoms with van der Waals surface area (Å²) in [5, 5.41) is 0. The highest BCUT2D eigenvalue weighted by Gasteiger charge is 2.15. The molecule has 0 spiro atoms. The summed E-state index contributed by atoms with van der Waals surface area (Å²) in [5.41, 5.74) is 1.60. The molecule has 0 bridgehead atoms. The molecule has 0 aliphatic rings. The Bertz CT molecular complexity index is 946. The van der Waals surface area contributed by atoms with E-state index in [1.54, 1.807) is 38.1 Å². The van der Waals surface area contributed by atoms with Gasteiger partial charge in [-0.05, 0) is 56.2 Å². The summed E-state index contributed by atoms with van der Waals surface area (Å²) in [6.45, 7) is 12.2. The van der Waals surface area contributed by atoms with Gasteiger partial charge >= 0.3 is 11.9 Å². The van der Waals surface area contributed by atoms with Crippen molar-refractivity contribution in [2.75, 3.05) is 6.61 Å². The Balaban J connectivity index is 2.34. The minimum absolute atomic E-state index is 0.171. The van der Waals surface area contributed by atoms with Crippen LogP contribution in [0.5, 0.6) is 17.2 Å². The zero-order valence-corrected chi connectivity index (χ0v) is 16.0. The van der Waals surface area contributed by atoms with E-state index in [-0.39, 0.29) is 22.6 Å². The van der Waals surface area contributed by atoms with Gasteiger partial charge in [0.25, 0.3) is 0 Å². The minimum Gasteiger partial charge on any atom is -0.490 e. The number of halogens is 1. The smallest absolute Gasteiger partial charge is 0.338 e. The van der Waals surface area contributed by atoms with Crippen LogP contribution in [0, 0.1) is 5.82 Å². The molecule has 0 saturated carbocycles. The number of hydrogen-bond donors (Lipinski definition) is 0. The van der Waals surface area contributed by atoms with Crippen LogP contribution in [0.3, 0.4) is 0 Å². The first-order valence-electron chi connectivity index (χ1n) is 8.55. The third-order valence-corrected chi connectivity index (χ3v) is 3.61. The van der Waals surface area contributed by atoms with Gasteiger partial charge in [0, 0.05) is 11.1 Å². The first kappa shape index (κ1) is 20.9. The summed E-state index contributed by atoms with van der Waals surface area (Å²) in [6, 6.07) is 9.08. The van der Waals surface area contributed by atoms with E-state index in [1.165, 1.54) is 19.1 Å². The number of hydrogen-bond acceptors (Lipinski definition) is 5. The zero-order chi connectivity index (χ0) is 20.8. The van der Waals surface area contributed by atoms with Crippen molar-refractivity contribution in [3.8, 4) is 28.4 Å². The van der Waals surface area contributed by atoms with Crippen LogP contribution in [0.2, 0.25) is 0 Å². The Morgan fingerprint density at radius 1 is 0.857 bits per heavy atom. The van der Waals surface area contributed by atoms with Crippen LogP contribution >= 0.6 is 0 Å². The molecule has 0 radical (unpaired) electrons. The van der Waals surface area contributed by atoms with E-state index in [0.717, 1.165) is 0 Å². The Labute approximate surface area is 163 Å². The highest BCUT2D eigenvalue weighted by molar-refractivity contribution is 5.89. The molecule has 0 amide bonds. The number of benzene rings is 2. The van der Waals surface area contributed by atoms with Gasteiger partial charge in [0.1, 0.15) is 0 Å². The molecule has 2 rings (SSSR count). The van der Waals surface area contributed by atoms with Crippen molar-refractivity contribution in [1.82, 2.24) is 0 Å². The lowest BCUT2D eigenvalue weighted by molar-refractivity contribution is -0.131. The van der Waals surface area contributed by atoms with Crippen molar-refractivity contribution in [2.24, 2.45) is 0 Å². The second-order valence-corrected chi connectivity index (χ2v) is 6.08. The Kier molecular flexibility index (Phi) is 6.71. The highest BCUT2D eigenvalue weighted by Crippen LogP contribution is 2.34. The molecular weight excluding hydrogens is 363 g/mol. The summed E-state index contributed by atoms with van der Waals surface area (Å²) in [4.78, 5) is 23.3. The van der Waals surface area contributed by atoms with Crippen LogP contribution in [0.25, 0.3) is 11.1 Å². The lowest BCUT2D eigenvalue weighted by Gasteiger charge is -2.13. The van der Waals surface area contributed by atoms with E-state index in [1.807, 2.05) is 0 Å². The molecule has 0 aliphatic heterocycles. The van der Waals surface area contributed by atoms with E-state index in [0.29, 0.717) is 23.5 Å². The van der Waals surface area contributed by atoms with E-state index < -0.39 is 17.8 Å². The Morgan fingerprint density at radius 2 is 1.36 bits per heavy atom. The zero-order valence-electron chi connectivity index (χ0n) is 16.0. The van der Waals surface area contributed by atoms with E-state index in [4.69, 9.17) is 14.2 Å². The molecule has 0 unspecified atom stereocenters. The minimum atomic E-state index is -0.700. The highest BCUT2D eigenvalue weighted by atomic mass is 19.1. The third-order valence-electron chi connectivity index (χ3n) is 3.61. The van der Waals surface area contributed by atoms with Gasteiger partial charge in [-0.3, -0.25) is 0 Å². The third kappa shape index (κ3) is 5.07. The van der Waals surface area contributed by atoms with Crippen molar-refractivity contribution in [1.29, 1.82) is 0 Å². The van der Waals surface area contributed by atoms with E-state index >= 15 is 0 Å². The number of esters is 2. The predicted molar refractivity (Wildman–Crippen MR) is 104 cm³/mol. The molecule has 0 aromatic heterocycles. The van der Waals surface area contributed by atoms with Crippen LogP contribution in [-0.2, 0) is 9.59 Å². The van der Waals surface area contributed by atoms with Crippen molar-refractivity contribution in [2.45, 2.75) is 20.8 Å². The van der Waals surface area contributed by atoms with Crippen LogP contribution < -0.4 is 14.2 Å². The van der Waals surface area contributed by atoms with Gasteiger partial charge in [0.2, 0.25) is 0 Å². The lowest BCUT2D eigenvalue weighted by Crippen LogP contribution is -2.09. The van der Waals surface area contributed by atoms with Crippen molar-refractivity contribution in [3.63, 3.8) is 0 Å². The van der Waals surface area contributed by atoms with Gasteiger partial charge in [-0.25, -0.2) is 14.0 Å². The van der Waals surface area contributed by atoms with Crippen molar-refractivity contribution < 1.29 is 28.2 Å². The van der Waals surface area contributed by atoms with Gasteiger partial charge in [-0.15, -0.1) is 0 Å². The summed E-state index contributed by atoms with van der Waals surface area (Å²) in [7, 11) is 0. The summed E-state index contributed by atoms with van der Waals surface area (Å²) >= 11 is 0. The van der Waals surface area contributed by atoms with E-state index in [2.05, 4.69) is 13.2 Å². The molecule has 0 N–H and O–H groups in total. The van der Waals surface area contributed by atoms with Gasteiger partial charge in [-0.1, -0.05) is 25.3 Å². The van der Waals surface area contributed by atoms with Crippen molar-refractivity contribution in [3.05, 3.63) is 66.5 Å². The molecule has 0 aliphatic carbocycles. The SMILES string of the molecule is C=C(C)C(=O)Oc1ccc(-c2ccc(OC(=O)C(=C)C)c(OCC)c2)cc1F. The molecular formula is C22H21FO5. The van der Waals surface area contributed by atoms with Crippen LogP contribution in [0.4, 0.5) is 4.39 Å². The molecule has 5 nitrogen and oxygen atoms in total. The fraction of sp³-hybridized carbons (Fsp3) is 0.182. The van der Waals surface area contributed by atoms with Gasteiger partial charge in [0.05, 0.1) is 6.61 Å². The first-order valence-corrected chi connectivity index (χ1v) is 8.55. The molecule has 146 valence electrons. The maximum Gasteiger partial charge on any atom is 0.338 e. The first-order chi connectivity index (χ1) is 13.2. The average Bonchev–Trinajstić information content (AvgIpc) is 2.64. The van der Waals surface area contributed by atoms with Gasteiger partial charge in [0.15, 0.2) is 23.1 Å². The Hall–Kier alpha value is -3.41. The quantitative estimate of drug-likeness (QED) is 0.388. The molecule has 6 heteroatoms. The topological polar surface area (TPSA) is 61.8 Å². The maximum absolute atomic E-state index is 14.3. The second kappa shape index (κ2) is 8.99. The summed E-state index contributed by atoms with van der Waals surface area (Å²) < 4.78 is 30.1. The number of carbonyl (C=O) groups excluding carboxylic acids is 2. The standard InChI is InChI=1S/C22H21FO5/c1-6-26-20-12-16(8-10-19(20)28-22(25)14(4)5)15-7-9-18(17(23)11-15)27-21(24)13(2)3/h7-12H,2,4,6H2,1,3,5H3. The molecule has 2 aromatic rings. The second-order valence-electron chi connectivity index (χ2n) is 6.08. The summed E-state index contributed by atoms with van der Waals surface area (Å²) in [6.07, 6.45) is 0. The molecule has 2 aromatic carbocycles. The number of rotatable bonds is 7. The van der Waals surface area contributed by atoms with Gasteiger partial charge < -0.3 is 14.2 Å². The van der Waals surface area contributed by atoms with Crippen LogP contribution in [-0.4, -0.2) is 18.5 Å². The number of ether oxygens (including phenoxy) is 3. The van der Waals surface area contributed by atoms with Crippen LogP contribution in [0.15, 0.2) is 60.7 Å². The Morgan fingerprint density at radius 3 is 1.86 bits per heavy atom. The van der Waals surface area contributed by atoms with Crippen LogP contribution in [0.1, 0.15) is 20.8 Å². The molecule has 0 heterocycles. The fourth-order valence-electron chi connectivity index (χ4n) is 2.18. The van der Waals surface area contributed by atoms with Gasteiger partial charge in [-0.2, -0.15) is 0 Å². The predicted octanol–water partition coefficient (Wildman–Crippen LogP) is 4.85. The fourth-order valence-corrected chi connectivity index (χ4v) is 2.18. The maximum atomic E-state index is 14.3.